The van der Waals surface area contributed by atoms with Crippen LogP contribution in [0.3, 0.4) is 0 Å². The van der Waals surface area contributed by atoms with E-state index in [4.69, 9.17) is 0 Å². The third-order valence-electron chi connectivity index (χ3n) is 3.77. The maximum Gasteiger partial charge on any atom is 0.275 e. The predicted molar refractivity (Wildman–Crippen MR) is 100 cm³/mol. The second-order valence-corrected chi connectivity index (χ2v) is 6.01. The summed E-state index contributed by atoms with van der Waals surface area (Å²) in [5.41, 5.74) is 3.16. The molecule has 0 saturated heterocycles. The maximum absolute atomic E-state index is 12.3. The van der Waals surface area contributed by atoms with E-state index in [0.29, 0.717) is 11.7 Å². The quantitative estimate of drug-likeness (QED) is 0.717. The third-order valence-corrected chi connectivity index (χ3v) is 3.77. The van der Waals surface area contributed by atoms with E-state index >= 15 is 0 Å². The molecule has 0 unspecified atom stereocenters. The van der Waals surface area contributed by atoms with Crippen LogP contribution >= 0.6 is 0 Å². The number of amides is 1. The van der Waals surface area contributed by atoms with Gasteiger partial charge in [0.2, 0.25) is 0 Å². The van der Waals surface area contributed by atoms with Gasteiger partial charge in [-0.2, -0.15) is 0 Å². The Hall–Kier alpha value is -3.21. The number of anilines is 3. The van der Waals surface area contributed by atoms with Crippen molar-refractivity contribution >= 4 is 23.1 Å². The van der Waals surface area contributed by atoms with Gasteiger partial charge in [-0.3, -0.25) is 4.79 Å². The molecule has 1 heterocycles. The van der Waals surface area contributed by atoms with Crippen LogP contribution in [0, 0.1) is 0 Å². The molecule has 25 heavy (non-hydrogen) atoms. The lowest BCUT2D eigenvalue weighted by Gasteiger charge is -2.09. The molecule has 5 heteroatoms. The molecule has 0 spiro atoms. The highest BCUT2D eigenvalue weighted by molar-refractivity contribution is 6.02. The Morgan fingerprint density at radius 3 is 2.20 bits per heavy atom. The van der Waals surface area contributed by atoms with Crippen LogP contribution in [0.25, 0.3) is 0 Å². The molecule has 126 valence electrons. The van der Waals surface area contributed by atoms with E-state index in [1.54, 1.807) is 6.20 Å². The number of hydrogen-bond acceptors (Lipinski definition) is 4. The van der Waals surface area contributed by atoms with Crippen molar-refractivity contribution in [3.8, 4) is 0 Å². The molecule has 5 nitrogen and oxygen atoms in total. The van der Waals surface area contributed by atoms with Crippen LogP contribution in [-0.2, 0) is 0 Å². The summed E-state index contributed by atoms with van der Waals surface area (Å²) in [6.07, 6.45) is 3.01. The van der Waals surface area contributed by atoms with Crippen molar-refractivity contribution in [2.75, 3.05) is 10.6 Å². The van der Waals surface area contributed by atoms with Gasteiger partial charge in [-0.05, 0) is 35.7 Å². The highest BCUT2D eigenvalue weighted by Crippen LogP contribution is 2.18. The normalized spacial score (nSPS) is 10.5. The summed E-state index contributed by atoms with van der Waals surface area (Å²) in [5, 5.41) is 5.96. The number of benzene rings is 2. The van der Waals surface area contributed by atoms with E-state index in [9.17, 15) is 4.79 Å². The second-order valence-electron chi connectivity index (χ2n) is 6.01. The van der Waals surface area contributed by atoms with Gasteiger partial charge in [0.15, 0.2) is 0 Å². The molecule has 2 aromatic carbocycles. The zero-order valence-corrected chi connectivity index (χ0v) is 14.2. The van der Waals surface area contributed by atoms with E-state index in [1.807, 2.05) is 54.6 Å². The Labute approximate surface area is 147 Å². The van der Waals surface area contributed by atoms with Gasteiger partial charge in [-0.15, -0.1) is 0 Å². The summed E-state index contributed by atoms with van der Waals surface area (Å²) in [6.45, 7) is 4.27. The summed E-state index contributed by atoms with van der Waals surface area (Å²) in [7, 11) is 0. The zero-order chi connectivity index (χ0) is 17.6. The molecular formula is C20H20N4O. The van der Waals surface area contributed by atoms with Gasteiger partial charge in [0.25, 0.3) is 5.91 Å². The molecule has 0 radical (unpaired) electrons. The SMILES string of the molecule is CC(C)c1ccc(NC(=O)c2cnc(Nc3ccccc3)cn2)cc1. The summed E-state index contributed by atoms with van der Waals surface area (Å²) in [5.74, 6) is 0.764. The first kappa shape index (κ1) is 16.6. The Bertz CT molecular complexity index is 828. The number of hydrogen-bond donors (Lipinski definition) is 2. The highest BCUT2D eigenvalue weighted by Gasteiger charge is 2.09. The van der Waals surface area contributed by atoms with Crippen LogP contribution in [0.1, 0.15) is 35.8 Å². The van der Waals surface area contributed by atoms with Crippen LogP contribution in [0.5, 0.6) is 0 Å². The molecule has 3 rings (SSSR count). The van der Waals surface area contributed by atoms with Crippen LogP contribution in [0.4, 0.5) is 17.2 Å². The van der Waals surface area contributed by atoms with E-state index in [-0.39, 0.29) is 11.6 Å². The molecule has 0 aliphatic carbocycles. The molecular weight excluding hydrogens is 312 g/mol. The zero-order valence-electron chi connectivity index (χ0n) is 14.2. The molecule has 0 fully saturated rings. The van der Waals surface area contributed by atoms with Crippen molar-refractivity contribution in [2.24, 2.45) is 0 Å². The molecule has 0 aliphatic rings. The Kier molecular flexibility index (Phi) is 5.04. The third kappa shape index (κ3) is 4.41. The van der Waals surface area contributed by atoms with Crippen molar-refractivity contribution in [1.82, 2.24) is 9.97 Å². The fourth-order valence-electron chi connectivity index (χ4n) is 2.33. The van der Waals surface area contributed by atoms with Crippen LogP contribution in [0.15, 0.2) is 67.0 Å². The fourth-order valence-corrected chi connectivity index (χ4v) is 2.33. The number of nitrogens with zero attached hydrogens (tertiary/aromatic N) is 2. The largest absolute Gasteiger partial charge is 0.339 e. The van der Waals surface area contributed by atoms with Crippen molar-refractivity contribution in [2.45, 2.75) is 19.8 Å². The van der Waals surface area contributed by atoms with Crippen LogP contribution in [0.2, 0.25) is 0 Å². The first-order chi connectivity index (χ1) is 12.1. The molecule has 0 atom stereocenters. The minimum Gasteiger partial charge on any atom is -0.339 e. The van der Waals surface area contributed by atoms with Gasteiger partial charge in [-0.1, -0.05) is 44.2 Å². The standard InChI is InChI=1S/C20H20N4O/c1-14(2)15-8-10-17(11-9-15)24-20(25)18-12-22-19(13-21-18)23-16-6-4-3-5-7-16/h3-14H,1-2H3,(H,22,23)(H,24,25). The van der Waals surface area contributed by atoms with Gasteiger partial charge in [-0.25, -0.2) is 9.97 Å². The minimum atomic E-state index is -0.281. The summed E-state index contributed by atoms with van der Waals surface area (Å²) < 4.78 is 0. The average molecular weight is 332 g/mol. The summed E-state index contributed by atoms with van der Waals surface area (Å²) in [4.78, 5) is 20.7. The van der Waals surface area contributed by atoms with Gasteiger partial charge >= 0.3 is 0 Å². The molecule has 1 amide bonds. The smallest absolute Gasteiger partial charge is 0.275 e. The number of aromatic nitrogens is 2. The summed E-state index contributed by atoms with van der Waals surface area (Å²) >= 11 is 0. The molecule has 2 N–H and O–H groups in total. The molecule has 0 bridgehead atoms. The average Bonchev–Trinajstić information content (AvgIpc) is 2.63. The van der Waals surface area contributed by atoms with E-state index in [2.05, 4.69) is 34.4 Å². The number of para-hydroxylation sites is 1. The van der Waals surface area contributed by atoms with Crippen molar-refractivity contribution < 1.29 is 4.79 Å². The molecule has 3 aromatic rings. The van der Waals surface area contributed by atoms with Crippen molar-refractivity contribution in [3.05, 3.63) is 78.2 Å². The molecule has 0 saturated carbocycles. The topological polar surface area (TPSA) is 66.9 Å². The Morgan fingerprint density at radius 1 is 0.880 bits per heavy atom. The Morgan fingerprint density at radius 2 is 1.60 bits per heavy atom. The lowest BCUT2D eigenvalue weighted by atomic mass is 10.0. The van der Waals surface area contributed by atoms with Gasteiger partial charge in [0.05, 0.1) is 12.4 Å². The van der Waals surface area contributed by atoms with Gasteiger partial charge in [0.1, 0.15) is 11.5 Å². The van der Waals surface area contributed by atoms with E-state index in [1.165, 1.54) is 11.8 Å². The first-order valence-corrected chi connectivity index (χ1v) is 8.17. The predicted octanol–water partition coefficient (Wildman–Crippen LogP) is 4.60. The van der Waals surface area contributed by atoms with Crippen molar-refractivity contribution in [3.63, 3.8) is 0 Å². The van der Waals surface area contributed by atoms with Gasteiger partial charge in [0, 0.05) is 11.4 Å². The fraction of sp³-hybridized carbons (Fsp3) is 0.150. The second kappa shape index (κ2) is 7.57. The van der Waals surface area contributed by atoms with Crippen LogP contribution < -0.4 is 10.6 Å². The first-order valence-electron chi connectivity index (χ1n) is 8.17. The molecule has 1 aromatic heterocycles. The maximum atomic E-state index is 12.3. The number of nitrogens with one attached hydrogen (secondary N) is 2. The Balaban J connectivity index is 1.64. The summed E-state index contributed by atoms with van der Waals surface area (Å²) in [6, 6.07) is 17.5. The number of carbonyl (C=O) groups is 1. The monoisotopic (exact) mass is 332 g/mol. The highest BCUT2D eigenvalue weighted by atomic mass is 16.1. The van der Waals surface area contributed by atoms with Gasteiger partial charge < -0.3 is 10.6 Å². The van der Waals surface area contributed by atoms with Crippen LogP contribution in [-0.4, -0.2) is 15.9 Å². The number of rotatable bonds is 5. The van der Waals surface area contributed by atoms with E-state index < -0.39 is 0 Å². The lowest BCUT2D eigenvalue weighted by molar-refractivity contribution is 0.102. The number of carbonyl (C=O) groups excluding carboxylic acids is 1. The lowest BCUT2D eigenvalue weighted by Crippen LogP contribution is -2.14. The minimum absolute atomic E-state index is 0.270. The molecule has 0 aliphatic heterocycles. The van der Waals surface area contributed by atoms with Crippen molar-refractivity contribution in [1.29, 1.82) is 0 Å². The van der Waals surface area contributed by atoms with E-state index in [0.717, 1.165) is 11.4 Å².